The summed E-state index contributed by atoms with van der Waals surface area (Å²) in [7, 11) is 3.08. The van der Waals surface area contributed by atoms with Crippen LogP contribution in [0.2, 0.25) is 5.02 Å². The van der Waals surface area contributed by atoms with Crippen molar-refractivity contribution in [3.8, 4) is 11.5 Å². The van der Waals surface area contributed by atoms with Gasteiger partial charge in [0.15, 0.2) is 17.3 Å². The van der Waals surface area contributed by atoms with Crippen LogP contribution in [0, 0.1) is 0 Å². The second-order valence-corrected chi connectivity index (χ2v) is 8.11. The van der Waals surface area contributed by atoms with E-state index in [1.165, 1.54) is 24.1 Å². The summed E-state index contributed by atoms with van der Waals surface area (Å²) < 4.78 is 10.7. The molecule has 1 aliphatic heterocycles. The molecule has 1 heterocycles. The first-order valence-corrected chi connectivity index (χ1v) is 10.6. The van der Waals surface area contributed by atoms with Crippen molar-refractivity contribution in [1.29, 1.82) is 0 Å². The highest BCUT2D eigenvalue weighted by Crippen LogP contribution is 2.45. The lowest BCUT2D eigenvalue weighted by Gasteiger charge is -2.38. The molecular formula is C24H22ClNO6. The molecule has 1 amide bonds. The molecule has 1 atom stereocenters. The molecule has 1 N–H and O–H groups in total. The molecule has 2 aliphatic rings. The predicted molar refractivity (Wildman–Crippen MR) is 119 cm³/mol. The van der Waals surface area contributed by atoms with Gasteiger partial charge in [0.1, 0.15) is 0 Å². The molecule has 0 bridgehead atoms. The number of ether oxygens (including phenoxy) is 2. The number of benzene rings is 2. The van der Waals surface area contributed by atoms with Crippen molar-refractivity contribution in [3.63, 3.8) is 0 Å². The minimum atomic E-state index is -1.18. The summed E-state index contributed by atoms with van der Waals surface area (Å²) >= 11 is 6.01. The third kappa shape index (κ3) is 3.73. The number of anilines is 1. The van der Waals surface area contributed by atoms with Gasteiger partial charge in [-0.15, -0.1) is 0 Å². The lowest BCUT2D eigenvalue weighted by molar-refractivity contribution is -0.119. The zero-order chi connectivity index (χ0) is 23.0. The van der Waals surface area contributed by atoms with Crippen molar-refractivity contribution in [3.05, 3.63) is 63.8 Å². The molecule has 1 aliphatic carbocycles. The first-order chi connectivity index (χ1) is 15.3. The zero-order valence-corrected chi connectivity index (χ0v) is 18.4. The minimum absolute atomic E-state index is 0.00374. The number of hydrogen-bond acceptors (Lipinski definition) is 5. The Labute approximate surface area is 190 Å². The van der Waals surface area contributed by atoms with Crippen molar-refractivity contribution in [2.24, 2.45) is 0 Å². The van der Waals surface area contributed by atoms with Crippen molar-refractivity contribution >= 4 is 34.9 Å². The van der Waals surface area contributed by atoms with E-state index in [-0.39, 0.29) is 28.7 Å². The fourth-order valence-corrected chi connectivity index (χ4v) is 4.66. The van der Waals surface area contributed by atoms with Crippen LogP contribution in [0.25, 0.3) is 0 Å². The van der Waals surface area contributed by atoms with Gasteiger partial charge < -0.3 is 14.6 Å². The van der Waals surface area contributed by atoms with Crippen LogP contribution in [0.3, 0.4) is 0 Å². The van der Waals surface area contributed by atoms with E-state index in [4.69, 9.17) is 21.1 Å². The lowest BCUT2D eigenvalue weighted by Crippen LogP contribution is -2.40. The molecule has 32 heavy (non-hydrogen) atoms. The number of rotatable bonds is 5. The largest absolute Gasteiger partial charge is 0.493 e. The molecule has 4 rings (SSSR count). The normalized spacial score (nSPS) is 18.5. The average Bonchev–Trinajstić information content (AvgIpc) is 2.78. The summed E-state index contributed by atoms with van der Waals surface area (Å²) in [6.07, 6.45) is 1.65. The monoisotopic (exact) mass is 455 g/mol. The van der Waals surface area contributed by atoms with E-state index in [0.717, 1.165) is 5.56 Å². The van der Waals surface area contributed by atoms with Gasteiger partial charge in [-0.05, 0) is 48.7 Å². The fourth-order valence-electron chi connectivity index (χ4n) is 4.46. The number of ketones is 1. The molecule has 0 radical (unpaired) electrons. The Balaban J connectivity index is 1.85. The molecular weight excluding hydrogens is 434 g/mol. The van der Waals surface area contributed by atoms with E-state index in [9.17, 15) is 19.5 Å². The molecule has 0 fully saturated rings. The van der Waals surface area contributed by atoms with Gasteiger partial charge in [-0.25, -0.2) is 4.79 Å². The van der Waals surface area contributed by atoms with Crippen LogP contribution in [0.1, 0.15) is 47.5 Å². The maximum Gasteiger partial charge on any atom is 0.337 e. The summed E-state index contributed by atoms with van der Waals surface area (Å²) in [5.74, 6) is -0.723. The van der Waals surface area contributed by atoms with Gasteiger partial charge in [-0.1, -0.05) is 17.7 Å². The molecule has 0 saturated heterocycles. The summed E-state index contributed by atoms with van der Waals surface area (Å²) in [5.41, 5.74) is 2.31. The Bertz CT molecular complexity index is 1160. The standard InChI is InChI=1S/C24H22ClNO6/c1-31-20-9-6-13(10-21(20)32-2)15-12-22(28)26(18-4-3-5-19(27)23(15)18)14-7-8-17(25)16(11-14)24(29)30/h6-11,15H,3-5,12H2,1-2H3,(H,29,30). The Morgan fingerprint density at radius 2 is 1.81 bits per heavy atom. The molecule has 1 unspecified atom stereocenters. The molecule has 8 heteroatoms. The molecule has 0 saturated carbocycles. The topological polar surface area (TPSA) is 93.1 Å². The van der Waals surface area contributed by atoms with Crippen LogP contribution in [0.15, 0.2) is 47.7 Å². The first-order valence-electron chi connectivity index (χ1n) is 10.2. The Morgan fingerprint density at radius 3 is 2.50 bits per heavy atom. The smallest absolute Gasteiger partial charge is 0.337 e. The first kappa shape index (κ1) is 21.9. The van der Waals surface area contributed by atoms with Gasteiger partial charge in [-0.3, -0.25) is 14.5 Å². The summed E-state index contributed by atoms with van der Waals surface area (Å²) in [6.45, 7) is 0. The Hall–Kier alpha value is -3.32. The Morgan fingerprint density at radius 1 is 1.06 bits per heavy atom. The SMILES string of the molecule is COc1ccc(C2CC(=O)N(c3ccc(Cl)c(C(=O)O)c3)C3=C2C(=O)CCC3)cc1OC. The fraction of sp³-hybridized carbons (Fsp3) is 0.292. The van der Waals surface area contributed by atoms with E-state index < -0.39 is 11.9 Å². The zero-order valence-electron chi connectivity index (χ0n) is 17.7. The Kier molecular flexibility index (Phi) is 5.93. The molecule has 0 spiro atoms. The number of carboxylic acid groups (broad SMARTS) is 1. The molecule has 2 aromatic carbocycles. The lowest BCUT2D eigenvalue weighted by atomic mass is 9.77. The van der Waals surface area contributed by atoms with Gasteiger partial charge in [0.2, 0.25) is 5.91 Å². The molecule has 2 aromatic rings. The maximum absolute atomic E-state index is 13.3. The number of halogens is 1. The van der Waals surface area contributed by atoms with E-state index in [1.54, 1.807) is 25.3 Å². The van der Waals surface area contributed by atoms with E-state index in [0.29, 0.717) is 47.7 Å². The number of allylic oxidation sites excluding steroid dienone is 2. The second-order valence-electron chi connectivity index (χ2n) is 7.71. The van der Waals surface area contributed by atoms with E-state index >= 15 is 0 Å². The third-order valence-corrected chi connectivity index (χ3v) is 6.25. The number of carbonyl (C=O) groups excluding carboxylic acids is 2. The van der Waals surface area contributed by atoms with Crippen LogP contribution in [0.5, 0.6) is 11.5 Å². The quantitative estimate of drug-likeness (QED) is 0.709. The van der Waals surface area contributed by atoms with Gasteiger partial charge in [0.05, 0.1) is 24.8 Å². The molecule has 0 aromatic heterocycles. The summed E-state index contributed by atoms with van der Waals surface area (Å²) in [6, 6.07) is 9.84. The van der Waals surface area contributed by atoms with E-state index in [1.807, 2.05) is 6.07 Å². The van der Waals surface area contributed by atoms with Crippen molar-refractivity contribution in [2.75, 3.05) is 19.1 Å². The molecule has 166 valence electrons. The molecule has 7 nitrogen and oxygen atoms in total. The van der Waals surface area contributed by atoms with Crippen LogP contribution in [-0.4, -0.2) is 37.0 Å². The average molecular weight is 456 g/mol. The van der Waals surface area contributed by atoms with Crippen molar-refractivity contribution < 1.29 is 29.0 Å². The van der Waals surface area contributed by atoms with Gasteiger partial charge in [-0.2, -0.15) is 0 Å². The van der Waals surface area contributed by atoms with Gasteiger partial charge in [0.25, 0.3) is 0 Å². The number of Topliss-reactive ketones (excluding diaryl/α,β-unsaturated/α-hetero) is 1. The highest BCUT2D eigenvalue weighted by atomic mass is 35.5. The number of amides is 1. The number of carboxylic acids is 1. The number of hydrogen-bond donors (Lipinski definition) is 1. The number of methoxy groups -OCH3 is 2. The highest BCUT2D eigenvalue weighted by Gasteiger charge is 2.40. The van der Waals surface area contributed by atoms with Crippen LogP contribution in [-0.2, 0) is 9.59 Å². The predicted octanol–water partition coefficient (Wildman–Crippen LogP) is 4.58. The summed E-state index contributed by atoms with van der Waals surface area (Å²) in [4.78, 5) is 39.4. The van der Waals surface area contributed by atoms with Gasteiger partial charge >= 0.3 is 5.97 Å². The van der Waals surface area contributed by atoms with Crippen molar-refractivity contribution in [1.82, 2.24) is 0 Å². The van der Waals surface area contributed by atoms with Crippen LogP contribution in [0.4, 0.5) is 5.69 Å². The minimum Gasteiger partial charge on any atom is -0.493 e. The van der Waals surface area contributed by atoms with Crippen LogP contribution >= 0.6 is 11.6 Å². The highest BCUT2D eigenvalue weighted by molar-refractivity contribution is 6.33. The van der Waals surface area contributed by atoms with Gasteiger partial charge in [0, 0.05) is 35.7 Å². The number of carbonyl (C=O) groups is 3. The summed E-state index contributed by atoms with van der Waals surface area (Å²) in [5, 5.41) is 9.52. The number of nitrogens with zero attached hydrogens (tertiary/aromatic N) is 1. The van der Waals surface area contributed by atoms with Crippen molar-refractivity contribution in [2.45, 2.75) is 31.6 Å². The van der Waals surface area contributed by atoms with Crippen LogP contribution < -0.4 is 14.4 Å². The second kappa shape index (κ2) is 8.67. The van der Waals surface area contributed by atoms with E-state index in [2.05, 4.69) is 0 Å². The maximum atomic E-state index is 13.3. The number of aromatic carboxylic acids is 1. The third-order valence-electron chi connectivity index (χ3n) is 5.92.